The molecule has 1 aromatic carbocycles. The van der Waals surface area contributed by atoms with Gasteiger partial charge in [-0.3, -0.25) is 9.59 Å². The lowest BCUT2D eigenvalue weighted by molar-refractivity contribution is -0.121. The number of rotatable bonds is 5. The molecule has 2 rings (SSSR count). The van der Waals surface area contributed by atoms with Crippen molar-refractivity contribution in [3.8, 4) is 0 Å². The Hall–Kier alpha value is -2.11. The molecule has 0 unspecified atom stereocenters. The van der Waals surface area contributed by atoms with Gasteiger partial charge < -0.3 is 16.4 Å². The van der Waals surface area contributed by atoms with Crippen molar-refractivity contribution < 1.29 is 14.0 Å². The van der Waals surface area contributed by atoms with Crippen LogP contribution in [0, 0.1) is 5.82 Å². The molecule has 102 valence electrons. The van der Waals surface area contributed by atoms with Crippen LogP contribution in [0.5, 0.6) is 0 Å². The van der Waals surface area contributed by atoms with Crippen molar-refractivity contribution in [2.24, 2.45) is 0 Å². The van der Waals surface area contributed by atoms with Gasteiger partial charge >= 0.3 is 0 Å². The topological polar surface area (TPSA) is 84.2 Å². The van der Waals surface area contributed by atoms with Crippen LogP contribution in [-0.4, -0.2) is 24.4 Å². The summed E-state index contributed by atoms with van der Waals surface area (Å²) in [5.74, 6) is -1.08. The molecule has 1 saturated carbocycles. The van der Waals surface area contributed by atoms with Gasteiger partial charge in [-0.05, 0) is 31.0 Å². The molecule has 0 radical (unpaired) electrons. The summed E-state index contributed by atoms with van der Waals surface area (Å²) in [6.07, 6.45) is 2.27. The first-order chi connectivity index (χ1) is 9.04. The van der Waals surface area contributed by atoms with E-state index in [1.54, 1.807) is 0 Å². The fraction of sp³-hybridized carbons (Fsp3) is 0.385. The number of anilines is 1. The van der Waals surface area contributed by atoms with Gasteiger partial charge in [-0.1, -0.05) is 0 Å². The van der Waals surface area contributed by atoms with Crippen LogP contribution in [0.3, 0.4) is 0 Å². The summed E-state index contributed by atoms with van der Waals surface area (Å²) in [6.45, 7) is 0.216. The number of carbonyl (C=O) groups excluding carboxylic acids is 2. The van der Waals surface area contributed by atoms with E-state index in [9.17, 15) is 14.0 Å². The number of hydrogen-bond donors (Lipinski definition) is 3. The second-order valence-corrected chi connectivity index (χ2v) is 4.62. The maximum absolute atomic E-state index is 13.1. The molecular formula is C13H16FN3O2. The first-order valence-electron chi connectivity index (χ1n) is 6.18. The van der Waals surface area contributed by atoms with Crippen LogP contribution in [0.4, 0.5) is 10.1 Å². The van der Waals surface area contributed by atoms with E-state index in [1.807, 2.05) is 0 Å². The molecule has 1 aliphatic carbocycles. The zero-order valence-corrected chi connectivity index (χ0v) is 10.4. The fourth-order valence-corrected chi connectivity index (χ4v) is 1.66. The Kier molecular flexibility index (Phi) is 3.99. The lowest BCUT2D eigenvalue weighted by atomic mass is 10.2. The number of halogens is 1. The molecule has 19 heavy (non-hydrogen) atoms. The smallest absolute Gasteiger partial charge is 0.251 e. The van der Waals surface area contributed by atoms with Crippen LogP contribution in [0.25, 0.3) is 0 Å². The van der Waals surface area contributed by atoms with Crippen molar-refractivity contribution in [3.05, 3.63) is 29.6 Å². The Morgan fingerprint density at radius 2 is 2.05 bits per heavy atom. The Bertz CT molecular complexity index is 480. The normalized spacial score (nSPS) is 13.9. The van der Waals surface area contributed by atoms with Crippen LogP contribution < -0.4 is 16.4 Å². The van der Waals surface area contributed by atoms with Crippen molar-refractivity contribution >= 4 is 17.5 Å². The number of carbonyl (C=O) groups is 2. The number of nitrogens with two attached hydrogens (primary N) is 1. The van der Waals surface area contributed by atoms with Crippen LogP contribution in [-0.2, 0) is 4.79 Å². The molecule has 4 N–H and O–H groups in total. The highest BCUT2D eigenvalue weighted by Gasteiger charge is 2.22. The summed E-state index contributed by atoms with van der Waals surface area (Å²) < 4.78 is 13.1. The van der Waals surface area contributed by atoms with Gasteiger partial charge in [0.25, 0.3) is 5.91 Å². The van der Waals surface area contributed by atoms with Gasteiger partial charge in [-0.25, -0.2) is 4.39 Å². The first kappa shape index (κ1) is 13.3. The number of nitrogen functional groups attached to an aromatic ring is 1. The quantitative estimate of drug-likeness (QED) is 0.689. The molecule has 2 amide bonds. The maximum atomic E-state index is 13.1. The van der Waals surface area contributed by atoms with E-state index in [0.717, 1.165) is 25.0 Å². The largest absolute Gasteiger partial charge is 0.399 e. The van der Waals surface area contributed by atoms with Crippen molar-refractivity contribution in [1.29, 1.82) is 0 Å². The monoisotopic (exact) mass is 265 g/mol. The minimum atomic E-state index is -0.559. The Morgan fingerprint density at radius 3 is 2.68 bits per heavy atom. The van der Waals surface area contributed by atoms with E-state index in [4.69, 9.17) is 5.73 Å². The molecular weight excluding hydrogens is 249 g/mol. The maximum Gasteiger partial charge on any atom is 0.251 e. The lowest BCUT2D eigenvalue weighted by Gasteiger charge is -2.06. The standard InChI is InChI=1S/C13H16FN3O2/c14-9-5-8(6-10(15)7-9)13(19)16-4-3-12(18)17-11-1-2-11/h5-7,11H,1-4,15H2,(H,16,19)(H,17,18). The predicted molar refractivity (Wildman–Crippen MR) is 68.9 cm³/mol. The SMILES string of the molecule is Nc1cc(F)cc(C(=O)NCCC(=O)NC2CC2)c1. The summed E-state index contributed by atoms with van der Waals surface area (Å²) in [5, 5.41) is 5.37. The average Bonchev–Trinajstić information content (AvgIpc) is 3.11. The molecule has 0 aromatic heterocycles. The van der Waals surface area contributed by atoms with E-state index in [2.05, 4.69) is 10.6 Å². The van der Waals surface area contributed by atoms with Crippen molar-refractivity contribution in [2.75, 3.05) is 12.3 Å². The zero-order chi connectivity index (χ0) is 13.8. The highest BCUT2D eigenvalue weighted by molar-refractivity contribution is 5.95. The highest BCUT2D eigenvalue weighted by Crippen LogP contribution is 2.18. The molecule has 6 heteroatoms. The number of nitrogens with one attached hydrogen (secondary N) is 2. The second-order valence-electron chi connectivity index (χ2n) is 4.62. The molecule has 5 nitrogen and oxygen atoms in total. The van der Waals surface area contributed by atoms with Gasteiger partial charge in [-0.2, -0.15) is 0 Å². The molecule has 0 saturated heterocycles. The third-order valence-electron chi connectivity index (χ3n) is 2.76. The number of amides is 2. The van der Waals surface area contributed by atoms with Crippen molar-refractivity contribution in [2.45, 2.75) is 25.3 Å². The summed E-state index contributed by atoms with van der Waals surface area (Å²) >= 11 is 0. The molecule has 0 atom stereocenters. The van der Waals surface area contributed by atoms with Crippen LogP contribution in [0.1, 0.15) is 29.6 Å². The number of benzene rings is 1. The second kappa shape index (κ2) is 5.69. The third kappa shape index (κ3) is 4.24. The summed E-state index contributed by atoms with van der Waals surface area (Å²) in [7, 11) is 0. The Labute approximate surface area is 110 Å². The lowest BCUT2D eigenvalue weighted by Crippen LogP contribution is -2.31. The minimum absolute atomic E-state index is 0.0819. The highest BCUT2D eigenvalue weighted by atomic mass is 19.1. The first-order valence-corrected chi connectivity index (χ1v) is 6.18. The van der Waals surface area contributed by atoms with Gasteiger partial charge in [0.15, 0.2) is 0 Å². The van der Waals surface area contributed by atoms with E-state index in [1.165, 1.54) is 6.07 Å². The van der Waals surface area contributed by atoms with Gasteiger partial charge in [-0.15, -0.1) is 0 Å². The molecule has 0 bridgehead atoms. The summed E-state index contributed by atoms with van der Waals surface area (Å²) in [5.41, 5.74) is 5.80. The number of hydrogen-bond acceptors (Lipinski definition) is 3. The average molecular weight is 265 g/mol. The minimum Gasteiger partial charge on any atom is -0.399 e. The van der Waals surface area contributed by atoms with Gasteiger partial charge in [0.2, 0.25) is 5.91 Å². The van der Waals surface area contributed by atoms with E-state index < -0.39 is 11.7 Å². The Balaban J connectivity index is 1.78. The van der Waals surface area contributed by atoms with E-state index in [-0.39, 0.29) is 30.1 Å². The van der Waals surface area contributed by atoms with Crippen molar-refractivity contribution in [1.82, 2.24) is 10.6 Å². The van der Waals surface area contributed by atoms with Gasteiger partial charge in [0, 0.05) is 30.3 Å². The van der Waals surface area contributed by atoms with E-state index >= 15 is 0 Å². The molecule has 1 aliphatic rings. The predicted octanol–water partition coefficient (Wildman–Crippen LogP) is 0.806. The molecule has 1 aromatic rings. The molecule has 1 fully saturated rings. The van der Waals surface area contributed by atoms with Crippen LogP contribution in [0.15, 0.2) is 18.2 Å². The van der Waals surface area contributed by atoms with Crippen LogP contribution >= 0.6 is 0 Å². The van der Waals surface area contributed by atoms with Crippen LogP contribution in [0.2, 0.25) is 0 Å². The molecule has 0 heterocycles. The summed E-state index contributed by atoms with van der Waals surface area (Å²) in [6, 6.07) is 3.95. The Morgan fingerprint density at radius 1 is 1.32 bits per heavy atom. The van der Waals surface area contributed by atoms with Gasteiger partial charge in [0.1, 0.15) is 5.82 Å². The molecule has 0 spiro atoms. The third-order valence-corrected chi connectivity index (χ3v) is 2.76. The summed E-state index contributed by atoms with van der Waals surface area (Å²) in [4.78, 5) is 23.1. The van der Waals surface area contributed by atoms with Crippen molar-refractivity contribution in [3.63, 3.8) is 0 Å². The van der Waals surface area contributed by atoms with Gasteiger partial charge in [0.05, 0.1) is 0 Å². The zero-order valence-electron chi connectivity index (χ0n) is 10.4. The van der Waals surface area contributed by atoms with E-state index in [0.29, 0.717) is 6.04 Å². The molecule has 0 aliphatic heterocycles. The fourth-order valence-electron chi connectivity index (χ4n) is 1.66.